The molecule has 1 heterocycles. The topological polar surface area (TPSA) is 110 Å². The van der Waals surface area contributed by atoms with Gasteiger partial charge < -0.3 is 10.5 Å². The molecule has 20 heavy (non-hydrogen) atoms. The third kappa shape index (κ3) is 4.16. The number of ether oxygens (including phenoxy) is 1. The van der Waals surface area contributed by atoms with Crippen molar-refractivity contribution in [3.63, 3.8) is 0 Å². The summed E-state index contributed by atoms with van der Waals surface area (Å²) >= 11 is 0. The molecule has 0 unspecified atom stereocenters. The first-order valence-electron chi connectivity index (χ1n) is 5.95. The molecule has 0 saturated heterocycles. The van der Waals surface area contributed by atoms with Crippen LogP contribution in [-0.4, -0.2) is 31.0 Å². The Morgan fingerprint density at radius 3 is 2.65 bits per heavy atom. The molecule has 0 aliphatic heterocycles. The molecule has 0 fully saturated rings. The van der Waals surface area contributed by atoms with Gasteiger partial charge in [-0.15, -0.1) is 0 Å². The number of hydrogen-bond acceptors (Lipinski definition) is 5. The van der Waals surface area contributed by atoms with Crippen LogP contribution in [0.4, 0.5) is 11.5 Å². The molecule has 0 amide bonds. The van der Waals surface area contributed by atoms with E-state index < -0.39 is 10.0 Å². The van der Waals surface area contributed by atoms with Crippen LogP contribution in [0.15, 0.2) is 30.3 Å². The van der Waals surface area contributed by atoms with Gasteiger partial charge in [0.1, 0.15) is 18.1 Å². The van der Waals surface area contributed by atoms with Gasteiger partial charge in [0.25, 0.3) is 0 Å². The smallest absolute Gasteiger partial charge is 0.237 e. The molecule has 0 spiro atoms. The molecular weight excluding hydrogens is 280 g/mol. The standard InChI is InChI=1S/C12H16N4O3S/c1-9-8-12(15-14-9)16-20(17,18)7-6-19-11-4-2-10(13)3-5-11/h2-5,8H,6-7,13H2,1H3,(H2,14,15,16). The normalized spacial score (nSPS) is 11.2. The van der Waals surface area contributed by atoms with Crippen molar-refractivity contribution in [3.8, 4) is 5.75 Å². The first-order chi connectivity index (χ1) is 9.44. The Morgan fingerprint density at radius 2 is 2.05 bits per heavy atom. The third-order valence-electron chi connectivity index (χ3n) is 2.47. The van der Waals surface area contributed by atoms with Crippen LogP contribution < -0.4 is 15.2 Å². The van der Waals surface area contributed by atoms with E-state index in [4.69, 9.17) is 10.5 Å². The second-order valence-corrected chi connectivity index (χ2v) is 6.12. The van der Waals surface area contributed by atoms with Crippen molar-refractivity contribution in [2.45, 2.75) is 6.92 Å². The zero-order chi connectivity index (χ0) is 14.6. The summed E-state index contributed by atoms with van der Waals surface area (Å²) in [6, 6.07) is 8.36. The first-order valence-corrected chi connectivity index (χ1v) is 7.61. The quantitative estimate of drug-likeness (QED) is 0.692. The van der Waals surface area contributed by atoms with Crippen LogP contribution in [0.3, 0.4) is 0 Å². The Balaban J connectivity index is 1.84. The molecule has 2 aromatic rings. The molecule has 1 aromatic heterocycles. The fraction of sp³-hybridized carbons (Fsp3) is 0.250. The largest absolute Gasteiger partial charge is 0.492 e. The van der Waals surface area contributed by atoms with Crippen molar-refractivity contribution < 1.29 is 13.2 Å². The maximum absolute atomic E-state index is 11.8. The minimum absolute atomic E-state index is 0.0443. The van der Waals surface area contributed by atoms with Gasteiger partial charge in [-0.25, -0.2) is 8.42 Å². The van der Waals surface area contributed by atoms with Crippen molar-refractivity contribution in [2.24, 2.45) is 0 Å². The van der Waals surface area contributed by atoms with Crippen LogP contribution in [-0.2, 0) is 10.0 Å². The van der Waals surface area contributed by atoms with Gasteiger partial charge in [-0.2, -0.15) is 5.10 Å². The number of H-pyrrole nitrogens is 1. The lowest BCUT2D eigenvalue weighted by Gasteiger charge is -2.07. The number of benzene rings is 1. The Morgan fingerprint density at radius 1 is 1.35 bits per heavy atom. The molecule has 1 aromatic carbocycles. The molecule has 0 radical (unpaired) electrons. The lowest BCUT2D eigenvalue weighted by Crippen LogP contribution is -2.21. The number of nitrogens with zero attached hydrogens (tertiary/aromatic N) is 1. The van der Waals surface area contributed by atoms with Gasteiger partial charge in [0.05, 0.1) is 0 Å². The number of aryl methyl sites for hydroxylation is 1. The zero-order valence-electron chi connectivity index (χ0n) is 11.0. The zero-order valence-corrected chi connectivity index (χ0v) is 11.8. The van der Waals surface area contributed by atoms with Crippen LogP contribution in [0.25, 0.3) is 0 Å². The maximum Gasteiger partial charge on any atom is 0.237 e. The van der Waals surface area contributed by atoms with Gasteiger partial charge in [-0.1, -0.05) is 0 Å². The summed E-state index contributed by atoms with van der Waals surface area (Å²) in [5.41, 5.74) is 6.95. The number of aromatic amines is 1. The van der Waals surface area contributed by atoms with Crippen LogP contribution >= 0.6 is 0 Å². The number of rotatable bonds is 6. The lowest BCUT2D eigenvalue weighted by atomic mass is 10.3. The van der Waals surface area contributed by atoms with Crippen molar-refractivity contribution in [2.75, 3.05) is 22.8 Å². The molecule has 2 rings (SSSR count). The summed E-state index contributed by atoms with van der Waals surface area (Å²) in [5, 5.41) is 6.47. The molecule has 0 aliphatic rings. The molecule has 4 N–H and O–H groups in total. The highest BCUT2D eigenvalue weighted by molar-refractivity contribution is 7.92. The Hall–Kier alpha value is -2.22. The maximum atomic E-state index is 11.8. The Bertz CT molecular complexity index is 664. The monoisotopic (exact) mass is 296 g/mol. The molecule has 0 bridgehead atoms. The van der Waals surface area contributed by atoms with E-state index >= 15 is 0 Å². The van der Waals surface area contributed by atoms with Gasteiger partial charge in [0, 0.05) is 17.4 Å². The molecule has 0 aliphatic carbocycles. The van der Waals surface area contributed by atoms with Gasteiger partial charge in [0.2, 0.25) is 10.0 Å². The minimum atomic E-state index is -3.48. The summed E-state index contributed by atoms with van der Waals surface area (Å²) in [7, 11) is -3.48. The SMILES string of the molecule is Cc1cc(NS(=O)(=O)CCOc2ccc(N)cc2)n[nH]1. The van der Waals surface area contributed by atoms with E-state index in [0.29, 0.717) is 11.4 Å². The number of hydrogen-bond donors (Lipinski definition) is 3. The predicted octanol–water partition coefficient (Wildman–Crippen LogP) is 1.12. The van der Waals surface area contributed by atoms with E-state index in [1.165, 1.54) is 0 Å². The third-order valence-corrected chi connectivity index (χ3v) is 3.69. The van der Waals surface area contributed by atoms with Crippen molar-refractivity contribution in [1.29, 1.82) is 0 Å². The number of nitrogens with two attached hydrogens (primary N) is 1. The van der Waals surface area contributed by atoms with Crippen molar-refractivity contribution in [3.05, 3.63) is 36.0 Å². The van der Waals surface area contributed by atoms with Gasteiger partial charge in [0.15, 0.2) is 5.82 Å². The minimum Gasteiger partial charge on any atom is -0.492 e. The van der Waals surface area contributed by atoms with Crippen LogP contribution in [0, 0.1) is 6.92 Å². The summed E-state index contributed by atoms with van der Waals surface area (Å²) in [6.45, 7) is 1.83. The predicted molar refractivity (Wildman–Crippen MR) is 77.1 cm³/mol. The Labute approximate surface area is 117 Å². The van der Waals surface area contributed by atoms with Crippen molar-refractivity contribution in [1.82, 2.24) is 10.2 Å². The average Bonchev–Trinajstić information content (AvgIpc) is 2.76. The summed E-state index contributed by atoms with van der Waals surface area (Å²) in [6.07, 6.45) is 0. The molecule has 0 atom stereocenters. The fourth-order valence-corrected chi connectivity index (χ4v) is 2.34. The van der Waals surface area contributed by atoms with Crippen molar-refractivity contribution >= 4 is 21.5 Å². The first kappa shape index (κ1) is 14.2. The van der Waals surface area contributed by atoms with Gasteiger partial charge in [-0.05, 0) is 31.2 Å². The molecule has 0 saturated carbocycles. The number of nitrogen functional groups attached to an aromatic ring is 1. The highest BCUT2D eigenvalue weighted by Crippen LogP contribution is 2.13. The van der Waals surface area contributed by atoms with Crippen LogP contribution in [0.2, 0.25) is 0 Å². The number of aromatic nitrogens is 2. The summed E-state index contributed by atoms with van der Waals surface area (Å²) in [4.78, 5) is 0. The van der Waals surface area contributed by atoms with Gasteiger partial charge >= 0.3 is 0 Å². The highest BCUT2D eigenvalue weighted by Gasteiger charge is 2.12. The van der Waals surface area contributed by atoms with Crippen LogP contribution in [0.1, 0.15) is 5.69 Å². The summed E-state index contributed by atoms with van der Waals surface area (Å²) < 4.78 is 31.3. The van der Waals surface area contributed by atoms with E-state index in [1.54, 1.807) is 37.3 Å². The van der Waals surface area contributed by atoms with Crippen LogP contribution in [0.5, 0.6) is 5.75 Å². The van der Waals surface area contributed by atoms with E-state index in [9.17, 15) is 8.42 Å². The molecular formula is C12H16N4O3S. The lowest BCUT2D eigenvalue weighted by molar-refractivity contribution is 0.341. The van der Waals surface area contributed by atoms with E-state index in [0.717, 1.165) is 5.69 Å². The number of anilines is 2. The van der Waals surface area contributed by atoms with E-state index in [1.807, 2.05) is 0 Å². The molecule has 108 valence electrons. The van der Waals surface area contributed by atoms with E-state index in [-0.39, 0.29) is 18.2 Å². The van der Waals surface area contributed by atoms with E-state index in [2.05, 4.69) is 14.9 Å². The second kappa shape index (κ2) is 5.83. The highest BCUT2D eigenvalue weighted by atomic mass is 32.2. The Kier molecular flexibility index (Phi) is 4.14. The number of sulfonamides is 1. The molecule has 7 nitrogen and oxygen atoms in total. The number of nitrogens with one attached hydrogen (secondary N) is 2. The average molecular weight is 296 g/mol. The summed E-state index contributed by atoms with van der Waals surface area (Å²) in [5.74, 6) is 0.684. The second-order valence-electron chi connectivity index (χ2n) is 4.27. The molecule has 8 heteroatoms. The fourth-order valence-electron chi connectivity index (χ4n) is 1.51. The van der Waals surface area contributed by atoms with Gasteiger partial charge in [-0.3, -0.25) is 9.82 Å².